The monoisotopic (exact) mass is 405 g/mol. The van der Waals surface area contributed by atoms with E-state index in [0.29, 0.717) is 12.3 Å². The van der Waals surface area contributed by atoms with Crippen molar-refractivity contribution in [3.05, 3.63) is 47.0 Å². The number of carbonyl (C=O) groups is 1. The number of hydrogen-bond donors (Lipinski definition) is 1. The average molecular weight is 406 g/mol. The van der Waals surface area contributed by atoms with Gasteiger partial charge in [-0.3, -0.25) is 14.5 Å². The highest BCUT2D eigenvalue weighted by molar-refractivity contribution is 5.85. The van der Waals surface area contributed by atoms with Crippen molar-refractivity contribution in [2.45, 2.75) is 53.1 Å². The van der Waals surface area contributed by atoms with Crippen LogP contribution in [-0.4, -0.2) is 45.2 Å². The molecule has 28 heavy (non-hydrogen) atoms. The minimum atomic E-state index is 0. The number of piperazine rings is 1. The molecule has 1 aliphatic rings. The molecule has 1 atom stereocenters. The minimum absolute atomic E-state index is 0. The number of hydrogen-bond acceptors (Lipinski definition) is 4. The van der Waals surface area contributed by atoms with Crippen molar-refractivity contribution in [2.75, 3.05) is 19.6 Å². The molecule has 1 fully saturated rings. The number of amides is 1. The Morgan fingerprint density at radius 3 is 2.82 bits per heavy atom. The number of aryl methyl sites for hydroxylation is 1. The highest BCUT2D eigenvalue weighted by Crippen LogP contribution is 2.23. The molecule has 1 unspecified atom stereocenters. The normalized spacial score (nSPS) is 16.9. The van der Waals surface area contributed by atoms with Crippen molar-refractivity contribution in [3.8, 4) is 0 Å². The first-order valence-corrected chi connectivity index (χ1v) is 9.90. The Hall–Kier alpha value is -1.92. The highest BCUT2D eigenvalue weighted by atomic mass is 35.5. The standard InChI is InChI=1S/C21H31N5O.ClH/c1-15(2)14-26-17(4)19(16(3)24-26)7-8-21(27)25-11-10-23-13-20(25)18-6-5-9-22-12-18;/h5-6,9,12,15,20,23H,7-8,10-11,13-14H2,1-4H3;1H. The van der Waals surface area contributed by atoms with Gasteiger partial charge in [-0.1, -0.05) is 19.9 Å². The van der Waals surface area contributed by atoms with Crippen LogP contribution in [-0.2, 0) is 17.8 Å². The van der Waals surface area contributed by atoms with Crippen LogP contribution in [0.25, 0.3) is 0 Å². The van der Waals surface area contributed by atoms with Crippen molar-refractivity contribution in [1.29, 1.82) is 0 Å². The van der Waals surface area contributed by atoms with Gasteiger partial charge in [-0.25, -0.2) is 0 Å². The zero-order valence-electron chi connectivity index (χ0n) is 17.3. The molecule has 154 valence electrons. The van der Waals surface area contributed by atoms with Gasteiger partial charge in [-0.15, -0.1) is 12.4 Å². The fraction of sp³-hybridized carbons (Fsp3) is 0.571. The van der Waals surface area contributed by atoms with E-state index in [4.69, 9.17) is 0 Å². The summed E-state index contributed by atoms with van der Waals surface area (Å²) >= 11 is 0. The third-order valence-corrected chi connectivity index (χ3v) is 5.29. The van der Waals surface area contributed by atoms with Gasteiger partial charge in [-0.05, 0) is 43.4 Å². The van der Waals surface area contributed by atoms with Gasteiger partial charge in [0.25, 0.3) is 0 Å². The Morgan fingerprint density at radius 1 is 1.36 bits per heavy atom. The summed E-state index contributed by atoms with van der Waals surface area (Å²) in [6.07, 6.45) is 4.90. The van der Waals surface area contributed by atoms with Crippen LogP contribution in [0.1, 0.15) is 48.8 Å². The van der Waals surface area contributed by atoms with Crippen molar-refractivity contribution < 1.29 is 4.79 Å². The van der Waals surface area contributed by atoms with E-state index < -0.39 is 0 Å². The predicted molar refractivity (Wildman–Crippen MR) is 114 cm³/mol. The molecule has 0 aromatic carbocycles. The molecule has 1 saturated heterocycles. The fourth-order valence-electron chi connectivity index (χ4n) is 3.87. The van der Waals surface area contributed by atoms with Gasteiger partial charge >= 0.3 is 0 Å². The second-order valence-electron chi connectivity index (χ2n) is 7.82. The number of halogens is 1. The smallest absolute Gasteiger partial charge is 0.223 e. The largest absolute Gasteiger partial charge is 0.333 e. The minimum Gasteiger partial charge on any atom is -0.333 e. The summed E-state index contributed by atoms with van der Waals surface area (Å²) < 4.78 is 2.09. The van der Waals surface area contributed by atoms with Crippen molar-refractivity contribution in [2.24, 2.45) is 5.92 Å². The molecule has 6 nitrogen and oxygen atoms in total. The first-order valence-electron chi connectivity index (χ1n) is 9.90. The molecule has 3 rings (SSSR count). The zero-order chi connectivity index (χ0) is 19.4. The summed E-state index contributed by atoms with van der Waals surface area (Å²) in [6, 6.07) is 4.04. The third-order valence-electron chi connectivity index (χ3n) is 5.29. The number of aromatic nitrogens is 3. The van der Waals surface area contributed by atoms with Gasteiger partial charge in [-0.2, -0.15) is 5.10 Å². The van der Waals surface area contributed by atoms with E-state index >= 15 is 0 Å². The molecule has 1 N–H and O–H groups in total. The molecular weight excluding hydrogens is 374 g/mol. The van der Waals surface area contributed by atoms with E-state index in [-0.39, 0.29) is 24.4 Å². The summed E-state index contributed by atoms with van der Waals surface area (Å²) in [4.78, 5) is 19.2. The van der Waals surface area contributed by atoms with Crippen molar-refractivity contribution in [3.63, 3.8) is 0 Å². The summed E-state index contributed by atoms with van der Waals surface area (Å²) in [7, 11) is 0. The average Bonchev–Trinajstić information content (AvgIpc) is 2.93. The highest BCUT2D eigenvalue weighted by Gasteiger charge is 2.28. The zero-order valence-corrected chi connectivity index (χ0v) is 18.1. The Morgan fingerprint density at radius 2 is 2.14 bits per heavy atom. The Bertz CT molecular complexity index is 775. The lowest BCUT2D eigenvalue weighted by Crippen LogP contribution is -2.48. The Labute approximate surface area is 174 Å². The quantitative estimate of drug-likeness (QED) is 0.802. The van der Waals surface area contributed by atoms with Gasteiger partial charge in [0.05, 0.1) is 11.7 Å². The van der Waals surface area contributed by atoms with E-state index in [1.165, 1.54) is 11.3 Å². The lowest BCUT2D eigenvalue weighted by atomic mass is 10.0. The van der Waals surface area contributed by atoms with Gasteiger partial charge in [0, 0.05) is 50.7 Å². The Balaban J connectivity index is 0.00000280. The maximum Gasteiger partial charge on any atom is 0.223 e. The molecule has 0 saturated carbocycles. The van der Waals surface area contributed by atoms with Crippen LogP contribution in [0.3, 0.4) is 0 Å². The van der Waals surface area contributed by atoms with Crippen LogP contribution in [0.4, 0.5) is 0 Å². The summed E-state index contributed by atoms with van der Waals surface area (Å²) in [5.74, 6) is 0.763. The Kier molecular flexibility index (Phi) is 8.01. The molecular formula is C21H32ClN5O. The first-order chi connectivity index (χ1) is 13.0. The van der Waals surface area contributed by atoms with E-state index in [0.717, 1.165) is 43.9 Å². The first kappa shape index (κ1) is 22.4. The number of nitrogens with one attached hydrogen (secondary N) is 1. The van der Waals surface area contributed by atoms with Crippen LogP contribution in [0, 0.1) is 19.8 Å². The third kappa shape index (κ3) is 5.11. The molecule has 0 bridgehead atoms. The lowest BCUT2D eigenvalue weighted by molar-refractivity contribution is -0.134. The fourth-order valence-corrected chi connectivity index (χ4v) is 3.87. The molecule has 2 aromatic heterocycles. The number of nitrogens with zero attached hydrogens (tertiary/aromatic N) is 4. The van der Waals surface area contributed by atoms with Crippen LogP contribution >= 0.6 is 12.4 Å². The summed E-state index contributed by atoms with van der Waals surface area (Å²) in [6.45, 7) is 11.8. The molecule has 0 aliphatic carbocycles. The van der Waals surface area contributed by atoms with Gasteiger partial charge in [0.2, 0.25) is 5.91 Å². The molecule has 0 spiro atoms. The lowest BCUT2D eigenvalue weighted by Gasteiger charge is -2.36. The van der Waals surface area contributed by atoms with Crippen LogP contribution < -0.4 is 5.32 Å². The predicted octanol–water partition coefficient (Wildman–Crippen LogP) is 3.08. The molecule has 2 aromatic rings. The van der Waals surface area contributed by atoms with Crippen LogP contribution in [0.5, 0.6) is 0 Å². The maximum absolute atomic E-state index is 13.0. The number of rotatable bonds is 6. The van der Waals surface area contributed by atoms with E-state index in [9.17, 15) is 4.79 Å². The van der Waals surface area contributed by atoms with Crippen molar-refractivity contribution in [1.82, 2.24) is 25.0 Å². The number of pyridine rings is 1. The second-order valence-corrected chi connectivity index (χ2v) is 7.82. The molecule has 0 radical (unpaired) electrons. The topological polar surface area (TPSA) is 63.1 Å². The summed E-state index contributed by atoms with van der Waals surface area (Å²) in [5, 5.41) is 8.07. The number of carbonyl (C=O) groups excluding carboxylic acids is 1. The molecule has 3 heterocycles. The SMILES string of the molecule is Cc1nn(CC(C)C)c(C)c1CCC(=O)N1CCNCC1c1cccnc1.Cl. The van der Waals surface area contributed by atoms with E-state index in [1.54, 1.807) is 6.20 Å². The van der Waals surface area contributed by atoms with Gasteiger partial charge in [0.15, 0.2) is 0 Å². The second kappa shape index (κ2) is 10.0. The van der Waals surface area contributed by atoms with E-state index in [1.807, 2.05) is 24.1 Å². The van der Waals surface area contributed by atoms with Crippen molar-refractivity contribution >= 4 is 18.3 Å². The molecule has 1 aliphatic heterocycles. The van der Waals surface area contributed by atoms with Crippen LogP contribution in [0.2, 0.25) is 0 Å². The van der Waals surface area contributed by atoms with Crippen LogP contribution in [0.15, 0.2) is 24.5 Å². The van der Waals surface area contributed by atoms with E-state index in [2.05, 4.69) is 46.9 Å². The molecule has 7 heteroatoms. The maximum atomic E-state index is 13.0. The van der Waals surface area contributed by atoms with Gasteiger partial charge in [0.1, 0.15) is 0 Å². The summed E-state index contributed by atoms with van der Waals surface area (Å²) in [5.41, 5.74) is 4.55. The van der Waals surface area contributed by atoms with Gasteiger partial charge < -0.3 is 10.2 Å². The molecule has 1 amide bonds.